The molecule has 0 aliphatic carbocycles. The van der Waals surface area contributed by atoms with Gasteiger partial charge in [0, 0.05) is 12.1 Å². The molecule has 6 heteroatoms. The van der Waals surface area contributed by atoms with Crippen LogP contribution >= 0.6 is 0 Å². The Morgan fingerprint density at radius 2 is 1.70 bits per heavy atom. The lowest BCUT2D eigenvalue weighted by Crippen LogP contribution is -2.33. The molecule has 23 heavy (non-hydrogen) atoms. The van der Waals surface area contributed by atoms with Crippen LogP contribution in [-0.2, 0) is 16.4 Å². The van der Waals surface area contributed by atoms with Gasteiger partial charge in [-0.05, 0) is 31.0 Å². The van der Waals surface area contributed by atoms with Crippen LogP contribution in [0.2, 0.25) is 0 Å². The number of carbonyl (C=O) groups is 1. The number of hydrogen-bond donors (Lipinski definition) is 2. The third-order valence-corrected chi connectivity index (χ3v) is 4.83. The number of aliphatic hydroxyl groups is 1. The molecule has 0 spiro atoms. The molecule has 0 aromatic heterocycles. The van der Waals surface area contributed by atoms with Crippen LogP contribution in [0.25, 0.3) is 0 Å². The highest BCUT2D eigenvalue weighted by Gasteiger charge is 2.16. The maximum atomic E-state index is 12.2. The number of hydrogen-bond acceptors (Lipinski definition) is 4. The SMILES string of the molecule is CC(=O)c1ccc(S(=O)(=O)NCC(O)Cc2ccccc2)cc1. The van der Waals surface area contributed by atoms with E-state index in [0.29, 0.717) is 12.0 Å². The van der Waals surface area contributed by atoms with E-state index in [1.54, 1.807) is 0 Å². The second-order valence-corrected chi connectivity index (χ2v) is 7.04. The van der Waals surface area contributed by atoms with Gasteiger partial charge < -0.3 is 5.11 Å². The fourth-order valence-corrected chi connectivity index (χ4v) is 3.19. The van der Waals surface area contributed by atoms with Crippen molar-refractivity contribution in [3.8, 4) is 0 Å². The van der Waals surface area contributed by atoms with Crippen molar-refractivity contribution in [2.24, 2.45) is 0 Å². The van der Waals surface area contributed by atoms with E-state index in [1.165, 1.54) is 31.2 Å². The fourth-order valence-electron chi connectivity index (χ4n) is 2.12. The number of ketones is 1. The van der Waals surface area contributed by atoms with Gasteiger partial charge in [-0.25, -0.2) is 13.1 Å². The predicted molar refractivity (Wildman–Crippen MR) is 87.8 cm³/mol. The van der Waals surface area contributed by atoms with Crippen molar-refractivity contribution in [3.05, 3.63) is 65.7 Å². The first kappa shape index (κ1) is 17.3. The van der Waals surface area contributed by atoms with Crippen molar-refractivity contribution in [1.29, 1.82) is 0 Å². The minimum atomic E-state index is -3.71. The van der Waals surface area contributed by atoms with Crippen molar-refractivity contribution in [3.63, 3.8) is 0 Å². The second kappa shape index (κ2) is 7.50. The average molecular weight is 333 g/mol. The molecule has 2 rings (SSSR count). The van der Waals surface area contributed by atoms with Gasteiger partial charge in [-0.1, -0.05) is 42.5 Å². The van der Waals surface area contributed by atoms with Crippen LogP contribution in [0.5, 0.6) is 0 Å². The van der Waals surface area contributed by atoms with Crippen LogP contribution in [0.15, 0.2) is 59.5 Å². The highest BCUT2D eigenvalue weighted by molar-refractivity contribution is 7.89. The van der Waals surface area contributed by atoms with E-state index in [-0.39, 0.29) is 17.2 Å². The quantitative estimate of drug-likeness (QED) is 0.757. The maximum absolute atomic E-state index is 12.2. The van der Waals surface area contributed by atoms with Gasteiger partial charge >= 0.3 is 0 Å². The standard InChI is InChI=1S/C17H19NO4S/c1-13(19)15-7-9-17(10-8-15)23(21,22)18-12-16(20)11-14-5-3-2-4-6-14/h2-10,16,18,20H,11-12H2,1H3. The molecular weight excluding hydrogens is 314 g/mol. The summed E-state index contributed by atoms with van der Waals surface area (Å²) < 4.78 is 26.7. The molecule has 0 radical (unpaired) electrons. The number of nitrogens with one attached hydrogen (secondary N) is 1. The first-order chi connectivity index (χ1) is 10.9. The molecule has 1 atom stereocenters. The lowest BCUT2D eigenvalue weighted by atomic mass is 10.1. The molecule has 122 valence electrons. The summed E-state index contributed by atoms with van der Waals surface area (Å²) in [7, 11) is -3.71. The highest BCUT2D eigenvalue weighted by Crippen LogP contribution is 2.11. The first-order valence-corrected chi connectivity index (χ1v) is 8.69. The summed E-state index contributed by atoms with van der Waals surface area (Å²) in [4.78, 5) is 11.3. The number of sulfonamides is 1. The third-order valence-electron chi connectivity index (χ3n) is 3.39. The van der Waals surface area contributed by atoms with Crippen molar-refractivity contribution in [1.82, 2.24) is 4.72 Å². The number of rotatable bonds is 7. The topological polar surface area (TPSA) is 83.5 Å². The molecule has 2 aromatic carbocycles. The van der Waals surface area contributed by atoms with E-state index >= 15 is 0 Å². The summed E-state index contributed by atoms with van der Waals surface area (Å²) >= 11 is 0. The lowest BCUT2D eigenvalue weighted by Gasteiger charge is -2.12. The van der Waals surface area contributed by atoms with Gasteiger partial charge in [0.15, 0.2) is 5.78 Å². The Kier molecular flexibility index (Phi) is 5.65. The summed E-state index contributed by atoms with van der Waals surface area (Å²) in [5.41, 5.74) is 1.39. The van der Waals surface area contributed by atoms with E-state index in [2.05, 4.69) is 4.72 Å². The molecular formula is C17H19NO4S. The second-order valence-electron chi connectivity index (χ2n) is 5.28. The number of aliphatic hydroxyl groups excluding tert-OH is 1. The third kappa shape index (κ3) is 4.99. The largest absolute Gasteiger partial charge is 0.391 e. The summed E-state index contributed by atoms with van der Waals surface area (Å²) in [6.07, 6.45) is -0.448. The first-order valence-electron chi connectivity index (χ1n) is 7.21. The molecule has 0 heterocycles. The predicted octanol–water partition coefficient (Wildman–Crippen LogP) is 1.77. The molecule has 0 aliphatic heterocycles. The van der Waals surface area contributed by atoms with Crippen molar-refractivity contribution in [2.75, 3.05) is 6.54 Å². The van der Waals surface area contributed by atoms with E-state index in [4.69, 9.17) is 0 Å². The summed E-state index contributed by atoms with van der Waals surface area (Å²) in [5, 5.41) is 9.96. The molecule has 0 saturated carbocycles. The monoisotopic (exact) mass is 333 g/mol. The Morgan fingerprint density at radius 3 is 2.26 bits per heavy atom. The lowest BCUT2D eigenvalue weighted by molar-refractivity contribution is 0.101. The molecule has 2 aromatic rings. The number of Topliss-reactive ketones (excluding diaryl/α,β-unsaturated/α-hetero) is 1. The molecule has 0 aliphatic rings. The number of carbonyl (C=O) groups excluding carboxylic acids is 1. The van der Waals surface area contributed by atoms with Gasteiger partial charge in [-0.3, -0.25) is 4.79 Å². The van der Waals surface area contributed by atoms with Crippen LogP contribution in [-0.4, -0.2) is 32.0 Å². The summed E-state index contributed by atoms with van der Waals surface area (Å²) in [6, 6.07) is 15.0. The van der Waals surface area contributed by atoms with Gasteiger partial charge in [0.1, 0.15) is 0 Å². The van der Waals surface area contributed by atoms with Gasteiger partial charge in [0.05, 0.1) is 11.0 Å². The van der Waals surface area contributed by atoms with Gasteiger partial charge in [0.25, 0.3) is 0 Å². The zero-order valence-electron chi connectivity index (χ0n) is 12.8. The molecule has 0 fully saturated rings. The van der Waals surface area contributed by atoms with Crippen molar-refractivity contribution >= 4 is 15.8 Å². The molecule has 0 bridgehead atoms. The Bertz CT molecular complexity index is 755. The molecule has 0 amide bonds. The van der Waals surface area contributed by atoms with E-state index in [9.17, 15) is 18.3 Å². The van der Waals surface area contributed by atoms with Crippen molar-refractivity contribution < 1.29 is 18.3 Å². The van der Waals surface area contributed by atoms with Crippen LogP contribution in [0.1, 0.15) is 22.8 Å². The minimum Gasteiger partial charge on any atom is -0.391 e. The van der Waals surface area contributed by atoms with Crippen molar-refractivity contribution in [2.45, 2.75) is 24.3 Å². The van der Waals surface area contributed by atoms with Gasteiger partial charge in [0.2, 0.25) is 10.0 Å². The van der Waals surface area contributed by atoms with Gasteiger partial charge in [-0.2, -0.15) is 0 Å². The van der Waals surface area contributed by atoms with Crippen LogP contribution in [0.4, 0.5) is 0 Å². The van der Waals surface area contributed by atoms with Crippen LogP contribution in [0, 0.1) is 0 Å². The van der Waals surface area contributed by atoms with E-state index < -0.39 is 16.1 Å². The van der Waals surface area contributed by atoms with Gasteiger partial charge in [-0.15, -0.1) is 0 Å². The van der Waals surface area contributed by atoms with Crippen LogP contribution in [0.3, 0.4) is 0 Å². The summed E-state index contributed by atoms with van der Waals surface area (Å²) in [5.74, 6) is -0.125. The minimum absolute atomic E-state index is 0.0643. The molecule has 2 N–H and O–H groups in total. The summed E-state index contributed by atoms with van der Waals surface area (Å²) in [6.45, 7) is 1.34. The van der Waals surface area contributed by atoms with Crippen LogP contribution < -0.4 is 4.72 Å². The smallest absolute Gasteiger partial charge is 0.240 e. The maximum Gasteiger partial charge on any atom is 0.240 e. The zero-order valence-corrected chi connectivity index (χ0v) is 13.6. The number of benzene rings is 2. The van der Waals surface area contributed by atoms with E-state index in [1.807, 2.05) is 30.3 Å². The average Bonchev–Trinajstić information content (AvgIpc) is 2.54. The molecule has 1 unspecified atom stereocenters. The van der Waals surface area contributed by atoms with E-state index in [0.717, 1.165) is 5.56 Å². The molecule has 0 saturated heterocycles. The Balaban J connectivity index is 1.96. The fraction of sp³-hybridized carbons (Fsp3) is 0.235. The molecule has 5 nitrogen and oxygen atoms in total. The Labute approximate surface area is 136 Å². The normalized spacial score (nSPS) is 12.8. The Morgan fingerprint density at radius 1 is 1.09 bits per heavy atom. The highest BCUT2D eigenvalue weighted by atomic mass is 32.2. The zero-order chi connectivity index (χ0) is 16.9. The Hall–Kier alpha value is -2.02.